The molecule has 1 heterocycles. The third kappa shape index (κ3) is 3.63. The Morgan fingerprint density at radius 3 is 2.48 bits per heavy atom. The summed E-state index contributed by atoms with van der Waals surface area (Å²) in [6, 6.07) is 6.51. The number of pyridine rings is 1. The minimum absolute atomic E-state index is 0.0158. The lowest BCUT2D eigenvalue weighted by molar-refractivity contribution is 0.0690. The van der Waals surface area contributed by atoms with Gasteiger partial charge in [-0.1, -0.05) is 23.2 Å². The molecule has 21 heavy (non-hydrogen) atoms. The Morgan fingerprint density at radius 1 is 1.19 bits per heavy atom. The summed E-state index contributed by atoms with van der Waals surface area (Å²) < 4.78 is 26.6. The Balaban J connectivity index is 2.33. The maximum absolute atomic E-state index is 12.2. The summed E-state index contributed by atoms with van der Waals surface area (Å²) in [5.74, 6) is -1.21. The van der Waals surface area contributed by atoms with Crippen LogP contribution in [0.1, 0.15) is 10.5 Å². The monoisotopic (exact) mass is 346 g/mol. The number of aromatic nitrogens is 1. The number of hydrogen-bond acceptors (Lipinski definition) is 4. The van der Waals surface area contributed by atoms with E-state index in [0.29, 0.717) is 0 Å². The second kappa shape index (κ2) is 5.88. The van der Waals surface area contributed by atoms with Crippen molar-refractivity contribution in [2.45, 2.75) is 4.90 Å². The Bertz CT molecular complexity index is 791. The van der Waals surface area contributed by atoms with Crippen LogP contribution in [0.5, 0.6) is 0 Å². The van der Waals surface area contributed by atoms with Gasteiger partial charge in [-0.3, -0.25) is 4.72 Å². The number of rotatable bonds is 4. The topological polar surface area (TPSA) is 96.4 Å². The molecule has 2 N–H and O–H groups in total. The summed E-state index contributed by atoms with van der Waals surface area (Å²) in [7, 11) is -3.95. The number of nitrogens with one attached hydrogen (secondary N) is 1. The molecule has 2 aromatic rings. The van der Waals surface area contributed by atoms with Gasteiger partial charge in [-0.25, -0.2) is 18.2 Å². The summed E-state index contributed by atoms with van der Waals surface area (Å²) in [6.45, 7) is 0. The molecule has 9 heteroatoms. The summed E-state index contributed by atoms with van der Waals surface area (Å²) in [6.07, 6.45) is 1.10. The molecule has 110 valence electrons. The molecule has 0 aliphatic heterocycles. The molecule has 0 saturated carbocycles. The Hall–Kier alpha value is -1.83. The first kappa shape index (κ1) is 15.6. The van der Waals surface area contributed by atoms with Gasteiger partial charge in [-0.15, -0.1) is 0 Å². The molecule has 0 fully saturated rings. The number of carbonyl (C=O) groups is 1. The number of nitrogens with zero attached hydrogens (tertiary/aromatic N) is 1. The van der Waals surface area contributed by atoms with Crippen molar-refractivity contribution in [2.75, 3.05) is 4.72 Å². The van der Waals surface area contributed by atoms with Crippen LogP contribution in [-0.4, -0.2) is 24.5 Å². The zero-order valence-corrected chi connectivity index (χ0v) is 12.6. The highest BCUT2D eigenvalue weighted by atomic mass is 35.5. The number of anilines is 1. The van der Waals surface area contributed by atoms with E-state index in [1.54, 1.807) is 0 Å². The molecule has 0 spiro atoms. The highest BCUT2D eigenvalue weighted by Gasteiger charge is 2.19. The molecule has 0 unspecified atom stereocenters. The van der Waals surface area contributed by atoms with Crippen LogP contribution >= 0.6 is 23.2 Å². The molecule has 0 bridgehead atoms. The average molecular weight is 347 g/mol. The number of benzene rings is 1. The molecular formula is C12H8Cl2N2O4S. The molecule has 2 rings (SSSR count). The third-order valence-corrected chi connectivity index (χ3v) is 4.52. The van der Waals surface area contributed by atoms with E-state index in [1.807, 2.05) is 0 Å². The number of aromatic carboxylic acids is 1. The van der Waals surface area contributed by atoms with Crippen LogP contribution in [0.15, 0.2) is 41.4 Å². The number of hydrogen-bond donors (Lipinski definition) is 2. The predicted octanol–water partition coefficient (Wildman–Crippen LogP) is 2.89. The lowest BCUT2D eigenvalue weighted by atomic mass is 10.3. The fourth-order valence-corrected chi connectivity index (χ4v) is 3.28. The van der Waals surface area contributed by atoms with E-state index in [-0.39, 0.29) is 26.3 Å². The number of halogens is 2. The standard InChI is InChI=1S/C12H8Cl2N2O4S/c13-7-1-3-9(14)11(5-7)21(19,20)16-8-2-4-10(12(17)18)15-6-8/h1-6,16H,(H,17,18). The maximum atomic E-state index is 12.2. The van der Waals surface area contributed by atoms with E-state index in [4.69, 9.17) is 28.3 Å². The molecule has 0 aliphatic rings. The summed E-state index contributed by atoms with van der Waals surface area (Å²) in [5, 5.41) is 8.96. The van der Waals surface area contributed by atoms with E-state index in [0.717, 1.165) is 6.20 Å². The highest BCUT2D eigenvalue weighted by Crippen LogP contribution is 2.26. The van der Waals surface area contributed by atoms with Crippen LogP contribution in [0.4, 0.5) is 5.69 Å². The van der Waals surface area contributed by atoms with Gasteiger partial charge in [0.25, 0.3) is 10.0 Å². The number of carboxylic acid groups (broad SMARTS) is 1. The van der Waals surface area contributed by atoms with Gasteiger partial charge in [0.05, 0.1) is 16.9 Å². The molecule has 0 saturated heterocycles. The van der Waals surface area contributed by atoms with Gasteiger partial charge in [0.15, 0.2) is 0 Å². The second-order valence-electron chi connectivity index (χ2n) is 3.92. The van der Waals surface area contributed by atoms with Crippen molar-refractivity contribution in [1.29, 1.82) is 0 Å². The van der Waals surface area contributed by atoms with E-state index >= 15 is 0 Å². The van der Waals surface area contributed by atoms with Gasteiger partial charge in [-0.2, -0.15) is 0 Å². The first-order chi connectivity index (χ1) is 9.79. The van der Waals surface area contributed by atoms with Crippen LogP contribution in [0, 0.1) is 0 Å². The average Bonchev–Trinajstić information content (AvgIpc) is 2.41. The number of sulfonamides is 1. The molecule has 0 radical (unpaired) electrons. The summed E-state index contributed by atoms with van der Waals surface area (Å²) in [5.41, 5.74) is -0.0882. The van der Waals surface area contributed by atoms with Crippen molar-refractivity contribution >= 4 is 44.9 Å². The molecule has 1 aromatic carbocycles. The highest BCUT2D eigenvalue weighted by molar-refractivity contribution is 7.92. The molecule has 1 aromatic heterocycles. The van der Waals surface area contributed by atoms with Crippen molar-refractivity contribution in [3.8, 4) is 0 Å². The second-order valence-corrected chi connectivity index (χ2v) is 6.41. The Kier molecular flexibility index (Phi) is 4.36. The minimum atomic E-state index is -3.95. The first-order valence-corrected chi connectivity index (χ1v) is 7.71. The van der Waals surface area contributed by atoms with Crippen molar-refractivity contribution in [1.82, 2.24) is 4.98 Å². The lowest BCUT2D eigenvalue weighted by Gasteiger charge is -2.09. The lowest BCUT2D eigenvalue weighted by Crippen LogP contribution is -2.14. The maximum Gasteiger partial charge on any atom is 0.354 e. The van der Waals surface area contributed by atoms with Crippen molar-refractivity contribution in [3.05, 3.63) is 52.3 Å². The van der Waals surface area contributed by atoms with Gasteiger partial charge in [-0.05, 0) is 30.3 Å². The zero-order chi connectivity index (χ0) is 15.6. The molecule has 0 amide bonds. The molecule has 0 atom stereocenters. The normalized spacial score (nSPS) is 11.1. The quantitative estimate of drug-likeness (QED) is 0.887. The van der Waals surface area contributed by atoms with Crippen LogP contribution < -0.4 is 4.72 Å². The summed E-state index contributed by atoms with van der Waals surface area (Å²) in [4.78, 5) is 14.1. The zero-order valence-electron chi connectivity index (χ0n) is 10.2. The van der Waals surface area contributed by atoms with Gasteiger partial charge in [0, 0.05) is 5.02 Å². The smallest absolute Gasteiger partial charge is 0.354 e. The first-order valence-electron chi connectivity index (χ1n) is 5.47. The van der Waals surface area contributed by atoms with Crippen molar-refractivity contribution < 1.29 is 18.3 Å². The van der Waals surface area contributed by atoms with Crippen LogP contribution in [-0.2, 0) is 10.0 Å². The van der Waals surface area contributed by atoms with Crippen molar-refractivity contribution in [2.24, 2.45) is 0 Å². The van der Waals surface area contributed by atoms with Gasteiger partial charge in [0.2, 0.25) is 0 Å². The fraction of sp³-hybridized carbons (Fsp3) is 0. The van der Waals surface area contributed by atoms with Crippen molar-refractivity contribution in [3.63, 3.8) is 0 Å². The minimum Gasteiger partial charge on any atom is -0.477 e. The van der Waals surface area contributed by atoms with Crippen LogP contribution in [0.3, 0.4) is 0 Å². The third-order valence-electron chi connectivity index (χ3n) is 2.42. The van der Waals surface area contributed by atoms with Gasteiger partial charge in [0.1, 0.15) is 10.6 Å². The largest absolute Gasteiger partial charge is 0.477 e. The van der Waals surface area contributed by atoms with E-state index < -0.39 is 16.0 Å². The van der Waals surface area contributed by atoms with Crippen LogP contribution in [0.2, 0.25) is 10.0 Å². The van der Waals surface area contributed by atoms with Gasteiger partial charge < -0.3 is 5.11 Å². The number of carboxylic acids is 1. The molecule has 6 nitrogen and oxygen atoms in total. The SMILES string of the molecule is O=C(O)c1ccc(NS(=O)(=O)c2cc(Cl)ccc2Cl)cn1. The van der Waals surface area contributed by atoms with E-state index in [9.17, 15) is 13.2 Å². The molecule has 0 aliphatic carbocycles. The predicted molar refractivity (Wildman–Crippen MR) is 78.5 cm³/mol. The Morgan fingerprint density at radius 2 is 1.90 bits per heavy atom. The van der Waals surface area contributed by atoms with E-state index in [2.05, 4.69) is 9.71 Å². The summed E-state index contributed by atoms with van der Waals surface area (Å²) >= 11 is 11.6. The molecular weight excluding hydrogens is 339 g/mol. The van der Waals surface area contributed by atoms with E-state index in [1.165, 1.54) is 30.3 Å². The fourth-order valence-electron chi connectivity index (χ4n) is 1.47. The van der Waals surface area contributed by atoms with Gasteiger partial charge >= 0.3 is 5.97 Å². The van der Waals surface area contributed by atoms with Crippen LogP contribution in [0.25, 0.3) is 0 Å². The Labute approximate surface area is 130 Å².